The highest BCUT2D eigenvalue weighted by Gasteiger charge is 2.22. The second-order valence-electron chi connectivity index (χ2n) is 5.34. The molecule has 1 heterocycles. The number of halogens is 4. The molecule has 0 atom stereocenters. The predicted octanol–water partition coefficient (Wildman–Crippen LogP) is 3.48. The van der Waals surface area contributed by atoms with Crippen molar-refractivity contribution in [2.75, 3.05) is 18.4 Å². The van der Waals surface area contributed by atoms with E-state index in [1.807, 2.05) is 4.90 Å². The van der Waals surface area contributed by atoms with Crippen LogP contribution in [0.4, 0.5) is 13.2 Å². The first kappa shape index (κ1) is 17.7. The van der Waals surface area contributed by atoms with Crippen molar-refractivity contribution >= 4 is 27.5 Å². The van der Waals surface area contributed by atoms with E-state index < -0.39 is 23.2 Å². The van der Waals surface area contributed by atoms with Gasteiger partial charge in [-0.15, -0.1) is 0 Å². The number of likely N-dealkylation sites (tertiary alicyclic amines) is 1. The highest BCUT2D eigenvalue weighted by molar-refractivity contribution is 9.09. The van der Waals surface area contributed by atoms with Gasteiger partial charge in [0.25, 0.3) is 0 Å². The van der Waals surface area contributed by atoms with Gasteiger partial charge in [0.1, 0.15) is 5.78 Å². The largest absolute Gasteiger partial charge is 0.377 e. The summed E-state index contributed by atoms with van der Waals surface area (Å²) in [5.74, 6) is -4.80. The van der Waals surface area contributed by atoms with Gasteiger partial charge in [0.05, 0.1) is 5.33 Å². The van der Waals surface area contributed by atoms with Crippen molar-refractivity contribution in [1.29, 1.82) is 0 Å². The minimum Gasteiger partial charge on any atom is -0.377 e. The molecule has 0 radical (unpaired) electrons. The summed E-state index contributed by atoms with van der Waals surface area (Å²) in [6, 6.07) is 1.35. The van der Waals surface area contributed by atoms with Gasteiger partial charge < -0.3 is 4.90 Å². The molecule has 124 valence electrons. The Labute approximate surface area is 140 Å². The molecular formula is C16H15BrF3NO2. The highest BCUT2D eigenvalue weighted by Crippen LogP contribution is 2.19. The number of benzene rings is 1. The summed E-state index contributed by atoms with van der Waals surface area (Å²) in [6.45, 7) is 1.25. The molecule has 1 fully saturated rings. The molecule has 7 heteroatoms. The number of ketones is 2. The van der Waals surface area contributed by atoms with E-state index in [0.717, 1.165) is 0 Å². The van der Waals surface area contributed by atoms with Crippen LogP contribution in [0.1, 0.15) is 23.2 Å². The van der Waals surface area contributed by atoms with Gasteiger partial charge in [-0.3, -0.25) is 9.59 Å². The Morgan fingerprint density at radius 3 is 2.26 bits per heavy atom. The Hall–Kier alpha value is -1.63. The number of nitrogens with zero attached hydrogens (tertiary/aromatic N) is 1. The number of Topliss-reactive ketones (excluding diaryl/α,β-unsaturated/α-hetero) is 1. The van der Waals surface area contributed by atoms with Crippen molar-refractivity contribution < 1.29 is 22.8 Å². The Kier molecular flexibility index (Phi) is 5.98. The third kappa shape index (κ3) is 4.43. The maximum absolute atomic E-state index is 13.1. The van der Waals surface area contributed by atoms with Gasteiger partial charge in [-0.1, -0.05) is 15.9 Å². The SMILES string of the molecule is O=C(C=CN1CCC(C(=O)CBr)CC1)c1cc(F)c(F)c(F)c1. The van der Waals surface area contributed by atoms with E-state index >= 15 is 0 Å². The molecule has 0 amide bonds. The lowest BCUT2D eigenvalue weighted by Crippen LogP contribution is -2.33. The average molecular weight is 390 g/mol. The lowest BCUT2D eigenvalue weighted by molar-refractivity contribution is -0.121. The monoisotopic (exact) mass is 389 g/mol. The third-order valence-corrected chi connectivity index (χ3v) is 4.37. The first-order valence-corrected chi connectivity index (χ1v) is 8.24. The minimum atomic E-state index is -1.59. The minimum absolute atomic E-state index is 0.0232. The Morgan fingerprint density at radius 1 is 1.17 bits per heavy atom. The number of carbonyl (C=O) groups is 2. The predicted molar refractivity (Wildman–Crippen MR) is 82.9 cm³/mol. The van der Waals surface area contributed by atoms with Crippen molar-refractivity contribution in [3.05, 3.63) is 47.4 Å². The molecule has 1 aromatic rings. The van der Waals surface area contributed by atoms with Crippen LogP contribution >= 0.6 is 15.9 Å². The zero-order chi connectivity index (χ0) is 17.0. The van der Waals surface area contributed by atoms with Crippen molar-refractivity contribution in [2.45, 2.75) is 12.8 Å². The van der Waals surface area contributed by atoms with E-state index in [9.17, 15) is 22.8 Å². The van der Waals surface area contributed by atoms with Gasteiger partial charge in [0.15, 0.2) is 23.2 Å². The molecule has 1 aromatic carbocycles. The number of hydrogen-bond donors (Lipinski definition) is 0. The summed E-state index contributed by atoms with van der Waals surface area (Å²) >= 11 is 3.15. The normalized spacial score (nSPS) is 16.1. The van der Waals surface area contributed by atoms with E-state index in [0.29, 0.717) is 43.4 Å². The van der Waals surface area contributed by atoms with Crippen LogP contribution in [0.5, 0.6) is 0 Å². The molecule has 0 aromatic heterocycles. The lowest BCUT2D eigenvalue weighted by atomic mass is 9.93. The topological polar surface area (TPSA) is 37.4 Å². The van der Waals surface area contributed by atoms with Crippen LogP contribution < -0.4 is 0 Å². The molecule has 2 rings (SSSR count). The summed E-state index contributed by atoms with van der Waals surface area (Å²) < 4.78 is 39.1. The van der Waals surface area contributed by atoms with Crippen LogP contribution in [0.15, 0.2) is 24.4 Å². The maximum Gasteiger partial charge on any atom is 0.194 e. The van der Waals surface area contributed by atoms with Crippen LogP contribution in [-0.2, 0) is 4.79 Å². The van der Waals surface area contributed by atoms with Crippen molar-refractivity contribution in [1.82, 2.24) is 4.90 Å². The van der Waals surface area contributed by atoms with Gasteiger partial charge in [-0.25, -0.2) is 13.2 Å². The lowest BCUT2D eigenvalue weighted by Gasteiger charge is -2.29. The van der Waals surface area contributed by atoms with Gasteiger partial charge in [0.2, 0.25) is 0 Å². The number of rotatable bonds is 5. The number of piperidine rings is 1. The molecule has 0 aliphatic carbocycles. The first-order chi connectivity index (χ1) is 10.9. The second kappa shape index (κ2) is 7.77. The van der Waals surface area contributed by atoms with E-state index in [1.165, 1.54) is 12.3 Å². The zero-order valence-corrected chi connectivity index (χ0v) is 13.8. The van der Waals surface area contributed by atoms with E-state index in [1.54, 1.807) is 0 Å². The molecule has 0 spiro atoms. The van der Waals surface area contributed by atoms with Crippen LogP contribution in [0, 0.1) is 23.4 Å². The molecule has 1 aliphatic heterocycles. The second-order valence-corrected chi connectivity index (χ2v) is 5.90. The van der Waals surface area contributed by atoms with Gasteiger partial charge in [0, 0.05) is 36.8 Å². The van der Waals surface area contributed by atoms with Gasteiger partial charge >= 0.3 is 0 Å². The average Bonchev–Trinajstić information content (AvgIpc) is 2.56. The van der Waals surface area contributed by atoms with Crippen LogP contribution in [-0.4, -0.2) is 34.9 Å². The van der Waals surface area contributed by atoms with Gasteiger partial charge in [-0.05, 0) is 25.0 Å². The molecule has 23 heavy (non-hydrogen) atoms. The number of carbonyl (C=O) groups excluding carboxylic acids is 2. The maximum atomic E-state index is 13.1. The fourth-order valence-corrected chi connectivity index (χ4v) is 2.90. The molecule has 0 N–H and O–H groups in total. The van der Waals surface area contributed by atoms with E-state index in [2.05, 4.69) is 15.9 Å². The summed E-state index contributed by atoms with van der Waals surface area (Å²) in [7, 11) is 0. The fourth-order valence-electron chi connectivity index (χ4n) is 2.45. The standard InChI is InChI=1S/C16H15BrF3NO2/c17-9-15(23)10-1-4-21(5-2-10)6-3-14(22)11-7-12(18)16(20)13(19)8-11/h3,6-8,10H,1-2,4-5,9H2. The van der Waals surface area contributed by atoms with Crippen LogP contribution in [0.25, 0.3) is 0 Å². The summed E-state index contributed by atoms with van der Waals surface area (Å²) in [4.78, 5) is 25.3. The van der Waals surface area contributed by atoms with Crippen molar-refractivity contribution in [3.63, 3.8) is 0 Å². The molecule has 0 unspecified atom stereocenters. The molecule has 1 saturated heterocycles. The molecule has 0 bridgehead atoms. The molecule has 1 aliphatic rings. The first-order valence-electron chi connectivity index (χ1n) is 7.12. The van der Waals surface area contributed by atoms with Crippen molar-refractivity contribution in [3.8, 4) is 0 Å². The Balaban J connectivity index is 1.96. The molecular weight excluding hydrogens is 375 g/mol. The Bertz CT molecular complexity index is 617. The smallest absolute Gasteiger partial charge is 0.194 e. The number of hydrogen-bond acceptors (Lipinski definition) is 3. The van der Waals surface area contributed by atoms with Crippen LogP contribution in [0.3, 0.4) is 0 Å². The van der Waals surface area contributed by atoms with Crippen molar-refractivity contribution in [2.24, 2.45) is 5.92 Å². The molecule has 0 saturated carbocycles. The third-order valence-electron chi connectivity index (χ3n) is 3.82. The Morgan fingerprint density at radius 2 is 1.74 bits per heavy atom. The number of alkyl halides is 1. The summed E-state index contributed by atoms with van der Waals surface area (Å²) in [5.41, 5.74) is -0.248. The quantitative estimate of drug-likeness (QED) is 0.335. The van der Waals surface area contributed by atoms with Gasteiger partial charge in [-0.2, -0.15) is 0 Å². The molecule has 3 nitrogen and oxygen atoms in total. The van der Waals surface area contributed by atoms with Crippen LogP contribution in [0.2, 0.25) is 0 Å². The summed E-state index contributed by atoms with van der Waals surface area (Å²) in [6.07, 6.45) is 4.13. The zero-order valence-electron chi connectivity index (χ0n) is 12.2. The summed E-state index contributed by atoms with van der Waals surface area (Å²) in [5, 5.41) is 0.341. The fraction of sp³-hybridized carbons (Fsp3) is 0.375. The number of allylic oxidation sites excluding steroid dienone is 1. The highest BCUT2D eigenvalue weighted by atomic mass is 79.9. The van der Waals surface area contributed by atoms with E-state index in [4.69, 9.17) is 0 Å². The van der Waals surface area contributed by atoms with E-state index in [-0.39, 0.29) is 17.3 Å².